The third-order valence-electron chi connectivity index (χ3n) is 2.98. The normalized spacial score (nSPS) is 30.6. The van der Waals surface area contributed by atoms with Crippen LogP contribution in [0.5, 0.6) is 0 Å². The highest BCUT2D eigenvalue weighted by Crippen LogP contribution is 2.29. The summed E-state index contributed by atoms with van der Waals surface area (Å²) in [6.07, 6.45) is -1.69. The van der Waals surface area contributed by atoms with Crippen molar-refractivity contribution in [3.63, 3.8) is 0 Å². The molecule has 0 radical (unpaired) electrons. The summed E-state index contributed by atoms with van der Waals surface area (Å²) in [7, 11) is 0. The zero-order valence-corrected chi connectivity index (χ0v) is 13.8. The van der Waals surface area contributed by atoms with Crippen LogP contribution in [0.2, 0.25) is 0 Å². The van der Waals surface area contributed by atoms with E-state index < -0.39 is 48.6 Å². The Morgan fingerprint density at radius 3 is 1.83 bits per heavy atom. The molecule has 0 spiro atoms. The van der Waals surface area contributed by atoms with Gasteiger partial charge in [-0.1, -0.05) is 6.08 Å². The maximum atomic E-state index is 11.4. The highest BCUT2D eigenvalue weighted by molar-refractivity contribution is 5.68. The van der Waals surface area contributed by atoms with Crippen molar-refractivity contribution in [2.75, 3.05) is 0 Å². The van der Waals surface area contributed by atoms with E-state index in [9.17, 15) is 14.4 Å². The Balaban J connectivity index is 3.13. The first kappa shape index (κ1) is 19.0. The lowest BCUT2D eigenvalue weighted by Gasteiger charge is -2.42. The Morgan fingerprint density at radius 1 is 0.870 bits per heavy atom. The number of esters is 3. The molecule has 1 aliphatic rings. The topological polar surface area (TPSA) is 97.4 Å². The largest absolute Gasteiger partial charge is 0.469 e. The van der Waals surface area contributed by atoms with E-state index in [4.69, 9.17) is 23.7 Å². The van der Waals surface area contributed by atoms with Crippen molar-refractivity contribution in [1.29, 1.82) is 0 Å². The van der Waals surface area contributed by atoms with Gasteiger partial charge in [0.2, 0.25) is 12.4 Å². The summed E-state index contributed by atoms with van der Waals surface area (Å²) in [5, 5.41) is 0. The molecule has 8 heteroatoms. The van der Waals surface area contributed by atoms with Gasteiger partial charge in [-0.25, -0.2) is 0 Å². The molecule has 1 aliphatic heterocycles. The molecule has 0 aromatic heterocycles. The van der Waals surface area contributed by atoms with Crippen molar-refractivity contribution in [3.05, 3.63) is 12.3 Å². The van der Waals surface area contributed by atoms with Crippen LogP contribution < -0.4 is 0 Å². The van der Waals surface area contributed by atoms with Gasteiger partial charge in [-0.3, -0.25) is 14.4 Å². The maximum Gasteiger partial charge on any atom is 0.303 e. The highest BCUT2D eigenvalue weighted by atomic mass is 16.7. The molecule has 0 bridgehead atoms. The van der Waals surface area contributed by atoms with Crippen molar-refractivity contribution in [2.45, 2.75) is 65.3 Å². The molecule has 1 heterocycles. The van der Waals surface area contributed by atoms with Crippen LogP contribution >= 0.6 is 0 Å². The van der Waals surface area contributed by atoms with Gasteiger partial charge in [-0.2, -0.15) is 0 Å². The molecule has 0 N–H and O–H groups in total. The van der Waals surface area contributed by atoms with Crippen LogP contribution in [0.25, 0.3) is 0 Å². The van der Waals surface area contributed by atoms with Gasteiger partial charge in [0.15, 0.2) is 12.2 Å². The third-order valence-corrected chi connectivity index (χ3v) is 2.98. The standard InChI is InChI=1S/C15H22O8/c1-6-7-19-15-14(23-11(5)18)13(22-10(4)17)12(8(2)20-15)21-9(3)16/h6-8,12-15H,1-5H3/b7-6+/t8-,12-,13+,14+,15+/m0/s1. The fraction of sp³-hybridized carbons (Fsp3) is 0.667. The van der Waals surface area contributed by atoms with Gasteiger partial charge in [0, 0.05) is 20.8 Å². The van der Waals surface area contributed by atoms with Gasteiger partial charge in [0.1, 0.15) is 0 Å². The van der Waals surface area contributed by atoms with Crippen LogP contribution in [0.4, 0.5) is 0 Å². The van der Waals surface area contributed by atoms with Gasteiger partial charge >= 0.3 is 17.9 Å². The van der Waals surface area contributed by atoms with Gasteiger partial charge in [-0.05, 0) is 13.8 Å². The quantitative estimate of drug-likeness (QED) is 0.419. The van der Waals surface area contributed by atoms with Crippen LogP contribution in [0.15, 0.2) is 12.3 Å². The molecule has 1 fully saturated rings. The summed E-state index contributed by atoms with van der Waals surface area (Å²) in [6.45, 7) is 7.01. The first-order valence-corrected chi connectivity index (χ1v) is 7.20. The number of hydrogen-bond acceptors (Lipinski definition) is 8. The highest BCUT2D eigenvalue weighted by Gasteiger charge is 2.51. The van der Waals surface area contributed by atoms with Crippen LogP contribution in [0.3, 0.4) is 0 Å². The minimum Gasteiger partial charge on any atom is -0.469 e. The van der Waals surface area contributed by atoms with Crippen molar-refractivity contribution in [1.82, 2.24) is 0 Å². The van der Waals surface area contributed by atoms with E-state index in [1.807, 2.05) is 0 Å². The number of rotatable bonds is 5. The Bertz CT molecular complexity index is 472. The second kappa shape index (κ2) is 8.52. The lowest BCUT2D eigenvalue weighted by Crippen LogP contribution is -2.60. The molecule has 0 aromatic rings. The van der Waals surface area contributed by atoms with Crippen molar-refractivity contribution >= 4 is 17.9 Å². The summed E-state index contributed by atoms with van der Waals surface area (Å²) in [5.74, 6) is -1.79. The Morgan fingerprint density at radius 2 is 1.35 bits per heavy atom. The average molecular weight is 330 g/mol. The van der Waals surface area contributed by atoms with Gasteiger partial charge in [-0.15, -0.1) is 0 Å². The minimum absolute atomic E-state index is 0.572. The summed E-state index contributed by atoms with van der Waals surface area (Å²) < 4.78 is 26.6. The predicted molar refractivity (Wildman–Crippen MR) is 76.9 cm³/mol. The summed E-state index contributed by atoms with van der Waals surface area (Å²) in [4.78, 5) is 34.1. The number of hydrogen-bond donors (Lipinski definition) is 0. The number of carbonyl (C=O) groups excluding carboxylic acids is 3. The lowest BCUT2D eigenvalue weighted by atomic mass is 9.99. The van der Waals surface area contributed by atoms with Crippen LogP contribution in [0, 0.1) is 0 Å². The third kappa shape index (κ3) is 5.55. The monoisotopic (exact) mass is 330 g/mol. The minimum atomic E-state index is -1.08. The van der Waals surface area contributed by atoms with E-state index >= 15 is 0 Å². The summed E-state index contributed by atoms with van der Waals surface area (Å²) in [6, 6.07) is 0. The molecular formula is C15H22O8. The van der Waals surface area contributed by atoms with E-state index in [2.05, 4.69) is 0 Å². The molecule has 0 unspecified atom stereocenters. The second-order valence-electron chi connectivity index (χ2n) is 5.04. The number of allylic oxidation sites excluding steroid dienone is 1. The molecule has 23 heavy (non-hydrogen) atoms. The second-order valence-corrected chi connectivity index (χ2v) is 5.04. The molecule has 5 atom stereocenters. The molecule has 1 saturated heterocycles. The predicted octanol–water partition coefficient (Wildman–Crippen LogP) is 1.08. The van der Waals surface area contributed by atoms with Crippen molar-refractivity contribution in [3.8, 4) is 0 Å². The van der Waals surface area contributed by atoms with E-state index in [1.54, 1.807) is 19.9 Å². The number of carbonyl (C=O) groups is 3. The van der Waals surface area contributed by atoms with Gasteiger partial charge in [0.25, 0.3) is 0 Å². The molecular weight excluding hydrogens is 308 g/mol. The van der Waals surface area contributed by atoms with Crippen LogP contribution in [-0.2, 0) is 38.1 Å². The summed E-state index contributed by atoms with van der Waals surface area (Å²) in [5.41, 5.74) is 0. The van der Waals surface area contributed by atoms with E-state index in [0.717, 1.165) is 0 Å². The average Bonchev–Trinajstić information content (AvgIpc) is 2.42. The lowest BCUT2D eigenvalue weighted by molar-refractivity contribution is -0.289. The van der Waals surface area contributed by atoms with Crippen LogP contribution in [-0.4, -0.2) is 48.6 Å². The Kier molecular flexibility index (Phi) is 7.02. The maximum absolute atomic E-state index is 11.4. The fourth-order valence-electron chi connectivity index (χ4n) is 2.24. The molecule has 0 saturated carbocycles. The SMILES string of the molecule is C/C=C/O[C@@H]1O[C@@H](C)[C@H](OC(C)=O)[C@@H](OC(C)=O)[C@H]1OC(C)=O. The van der Waals surface area contributed by atoms with Crippen molar-refractivity contribution < 1.29 is 38.1 Å². The Hall–Kier alpha value is -2.09. The number of ether oxygens (including phenoxy) is 5. The fourth-order valence-corrected chi connectivity index (χ4v) is 2.24. The van der Waals surface area contributed by atoms with Gasteiger partial charge < -0.3 is 23.7 Å². The summed E-state index contributed by atoms with van der Waals surface area (Å²) >= 11 is 0. The van der Waals surface area contributed by atoms with Crippen molar-refractivity contribution in [2.24, 2.45) is 0 Å². The smallest absolute Gasteiger partial charge is 0.303 e. The molecule has 0 aromatic carbocycles. The van der Waals surface area contributed by atoms with E-state index in [0.29, 0.717) is 0 Å². The molecule has 8 nitrogen and oxygen atoms in total. The molecule has 130 valence electrons. The Labute approximate surface area is 134 Å². The zero-order chi connectivity index (χ0) is 17.6. The molecule has 0 aliphatic carbocycles. The van der Waals surface area contributed by atoms with E-state index in [1.165, 1.54) is 27.0 Å². The first-order chi connectivity index (χ1) is 10.8. The molecule has 1 rings (SSSR count). The van der Waals surface area contributed by atoms with E-state index in [-0.39, 0.29) is 0 Å². The first-order valence-electron chi connectivity index (χ1n) is 7.20. The van der Waals surface area contributed by atoms with Crippen LogP contribution in [0.1, 0.15) is 34.6 Å². The van der Waals surface area contributed by atoms with Gasteiger partial charge in [0.05, 0.1) is 12.4 Å². The zero-order valence-electron chi connectivity index (χ0n) is 13.8. The molecule has 0 amide bonds.